The predicted molar refractivity (Wildman–Crippen MR) is 135 cm³/mol. The molecule has 0 atom stereocenters. The molecule has 0 amide bonds. The summed E-state index contributed by atoms with van der Waals surface area (Å²) in [6.07, 6.45) is -3.43. The Morgan fingerprint density at radius 2 is 1.74 bits per heavy atom. The molecule has 0 spiro atoms. The first kappa shape index (κ1) is 26.8. The summed E-state index contributed by atoms with van der Waals surface area (Å²) in [7, 11) is -3.98. The maximum absolute atomic E-state index is 13.2. The van der Waals surface area contributed by atoms with Crippen LogP contribution in [0.4, 0.5) is 30.4 Å². The molecule has 0 saturated heterocycles. The third-order valence-electron chi connectivity index (χ3n) is 5.33. The van der Waals surface area contributed by atoms with Crippen LogP contribution in [0.5, 0.6) is 0 Å². The van der Waals surface area contributed by atoms with Crippen molar-refractivity contribution in [2.24, 2.45) is 0 Å². The molecular formula is C25H22F3N5O4S. The van der Waals surface area contributed by atoms with Crippen molar-refractivity contribution in [1.82, 2.24) is 15.0 Å². The Hall–Kier alpha value is -4.26. The van der Waals surface area contributed by atoms with Gasteiger partial charge in [-0.1, -0.05) is 6.07 Å². The van der Waals surface area contributed by atoms with E-state index in [1.807, 2.05) is 0 Å². The minimum Gasteiger partial charge on any atom is -0.462 e. The Kier molecular flexibility index (Phi) is 7.22. The number of aromatic nitrogens is 3. The standard InChI is InChI=1S/C25H22F3N5O4S/c1-4-37-24(34)20-13-29-21-12-16(25(26,27)28)5-10-19(21)23(20)32-17-6-8-18(9-7-17)38(35,36)33-22-11-14(2)30-15(3)31-22/h5-13H,4H2,1-3H3,(H,29,32)(H,30,31,33). The lowest BCUT2D eigenvalue weighted by molar-refractivity contribution is -0.137. The second-order valence-corrected chi connectivity index (χ2v) is 9.88. The lowest BCUT2D eigenvalue weighted by Gasteiger charge is -2.16. The highest BCUT2D eigenvalue weighted by Gasteiger charge is 2.31. The molecule has 2 N–H and O–H groups in total. The molecule has 0 unspecified atom stereocenters. The van der Waals surface area contributed by atoms with E-state index in [0.717, 1.165) is 18.3 Å². The smallest absolute Gasteiger partial charge is 0.416 e. The Morgan fingerprint density at radius 1 is 1.03 bits per heavy atom. The molecule has 0 saturated carbocycles. The fraction of sp³-hybridized carbons (Fsp3) is 0.200. The summed E-state index contributed by atoms with van der Waals surface area (Å²) in [4.78, 5) is 24.7. The van der Waals surface area contributed by atoms with E-state index in [2.05, 4.69) is 25.0 Å². The Balaban J connectivity index is 1.68. The molecule has 4 aromatic rings. The molecule has 0 fully saturated rings. The summed E-state index contributed by atoms with van der Waals surface area (Å²) in [5, 5.41) is 3.25. The summed E-state index contributed by atoms with van der Waals surface area (Å²) in [6, 6.07) is 10.1. The maximum Gasteiger partial charge on any atom is 0.416 e. The maximum atomic E-state index is 13.2. The molecule has 38 heavy (non-hydrogen) atoms. The van der Waals surface area contributed by atoms with Gasteiger partial charge >= 0.3 is 12.1 Å². The van der Waals surface area contributed by atoms with Crippen LogP contribution in [-0.2, 0) is 20.9 Å². The molecule has 0 bridgehead atoms. The number of nitrogens with zero attached hydrogens (tertiary/aromatic N) is 3. The van der Waals surface area contributed by atoms with Gasteiger partial charge in [-0.3, -0.25) is 9.71 Å². The largest absolute Gasteiger partial charge is 0.462 e. The van der Waals surface area contributed by atoms with Crippen molar-refractivity contribution in [2.45, 2.75) is 31.8 Å². The third-order valence-corrected chi connectivity index (χ3v) is 6.70. The number of pyridine rings is 1. The fourth-order valence-electron chi connectivity index (χ4n) is 3.70. The van der Waals surface area contributed by atoms with Crippen molar-refractivity contribution in [3.05, 3.63) is 77.4 Å². The van der Waals surface area contributed by atoms with Crippen LogP contribution in [-0.4, -0.2) is 35.9 Å². The van der Waals surface area contributed by atoms with E-state index in [1.165, 1.54) is 36.4 Å². The molecule has 2 aromatic carbocycles. The van der Waals surface area contributed by atoms with Gasteiger partial charge in [0.2, 0.25) is 0 Å². The zero-order chi connectivity index (χ0) is 27.7. The highest BCUT2D eigenvalue weighted by molar-refractivity contribution is 7.92. The first-order valence-electron chi connectivity index (χ1n) is 11.3. The van der Waals surface area contributed by atoms with Crippen LogP contribution < -0.4 is 10.0 Å². The van der Waals surface area contributed by atoms with Crippen LogP contribution >= 0.6 is 0 Å². The number of ether oxygens (including phenoxy) is 1. The molecular weight excluding hydrogens is 523 g/mol. The SMILES string of the molecule is CCOC(=O)c1cnc2cc(C(F)(F)F)ccc2c1Nc1ccc(S(=O)(=O)Nc2cc(C)nc(C)n2)cc1. The number of aryl methyl sites for hydroxylation is 2. The number of carbonyl (C=O) groups is 1. The number of carbonyl (C=O) groups excluding carboxylic acids is 1. The molecule has 198 valence electrons. The lowest BCUT2D eigenvalue weighted by atomic mass is 10.1. The van der Waals surface area contributed by atoms with Crippen LogP contribution in [0, 0.1) is 13.8 Å². The van der Waals surface area contributed by atoms with Gasteiger partial charge in [-0.05, 0) is 57.2 Å². The van der Waals surface area contributed by atoms with Gasteiger partial charge in [-0.25, -0.2) is 23.2 Å². The van der Waals surface area contributed by atoms with Crippen LogP contribution in [0.3, 0.4) is 0 Å². The topological polar surface area (TPSA) is 123 Å². The van der Waals surface area contributed by atoms with Crippen molar-refractivity contribution in [2.75, 3.05) is 16.6 Å². The summed E-state index contributed by atoms with van der Waals surface area (Å²) in [5.74, 6) is -0.188. The third kappa shape index (κ3) is 5.83. The Labute approximate surface area is 216 Å². The second-order valence-electron chi connectivity index (χ2n) is 8.19. The average Bonchev–Trinajstić information content (AvgIpc) is 2.83. The zero-order valence-electron chi connectivity index (χ0n) is 20.4. The number of benzene rings is 2. The summed E-state index contributed by atoms with van der Waals surface area (Å²) in [5.41, 5.74) is 0.266. The molecule has 0 radical (unpaired) electrons. The van der Waals surface area contributed by atoms with E-state index in [1.54, 1.807) is 20.8 Å². The molecule has 0 aliphatic rings. The van der Waals surface area contributed by atoms with Gasteiger partial charge in [0.1, 0.15) is 17.2 Å². The van der Waals surface area contributed by atoms with Crippen LogP contribution in [0.1, 0.15) is 34.4 Å². The van der Waals surface area contributed by atoms with Gasteiger partial charge in [-0.2, -0.15) is 13.2 Å². The Morgan fingerprint density at radius 3 is 2.37 bits per heavy atom. The quantitative estimate of drug-likeness (QED) is 0.297. The van der Waals surface area contributed by atoms with Gasteiger partial charge in [0, 0.05) is 29.0 Å². The number of alkyl halides is 3. The summed E-state index contributed by atoms with van der Waals surface area (Å²) >= 11 is 0. The summed E-state index contributed by atoms with van der Waals surface area (Å²) in [6.45, 7) is 5.05. The van der Waals surface area contributed by atoms with Gasteiger partial charge < -0.3 is 10.1 Å². The number of nitrogens with one attached hydrogen (secondary N) is 2. The van der Waals surface area contributed by atoms with E-state index in [-0.39, 0.29) is 39.5 Å². The van der Waals surface area contributed by atoms with Crippen molar-refractivity contribution in [3.63, 3.8) is 0 Å². The van der Waals surface area contributed by atoms with Crippen molar-refractivity contribution in [3.8, 4) is 0 Å². The van der Waals surface area contributed by atoms with E-state index in [4.69, 9.17) is 4.74 Å². The minimum absolute atomic E-state index is 0.00646. The fourth-order valence-corrected chi connectivity index (χ4v) is 4.69. The molecule has 4 rings (SSSR count). The number of halogens is 3. The number of esters is 1. The predicted octanol–water partition coefficient (Wildman–Crippen LogP) is 5.38. The second kappa shape index (κ2) is 10.2. The number of hydrogen-bond donors (Lipinski definition) is 2. The van der Waals surface area contributed by atoms with Gasteiger partial charge in [-0.15, -0.1) is 0 Å². The monoisotopic (exact) mass is 545 g/mol. The number of fused-ring (bicyclic) bond motifs is 1. The minimum atomic E-state index is -4.57. The molecule has 2 heterocycles. The van der Waals surface area contributed by atoms with Crippen LogP contribution in [0.25, 0.3) is 10.9 Å². The number of anilines is 3. The van der Waals surface area contributed by atoms with Crippen molar-refractivity contribution in [1.29, 1.82) is 0 Å². The molecule has 9 nitrogen and oxygen atoms in total. The summed E-state index contributed by atoms with van der Waals surface area (Å²) < 4.78 is 72.8. The van der Waals surface area contributed by atoms with E-state index >= 15 is 0 Å². The normalized spacial score (nSPS) is 11.8. The molecule has 13 heteroatoms. The molecule has 0 aliphatic carbocycles. The average molecular weight is 546 g/mol. The number of rotatable bonds is 7. The Bertz CT molecular complexity index is 1600. The van der Waals surface area contributed by atoms with Crippen LogP contribution in [0.15, 0.2) is 59.6 Å². The zero-order valence-corrected chi connectivity index (χ0v) is 21.2. The van der Waals surface area contributed by atoms with Crippen molar-refractivity contribution >= 4 is 44.1 Å². The van der Waals surface area contributed by atoms with Gasteiger partial charge in [0.05, 0.1) is 28.3 Å². The van der Waals surface area contributed by atoms with Crippen LogP contribution in [0.2, 0.25) is 0 Å². The van der Waals surface area contributed by atoms with E-state index < -0.39 is 27.7 Å². The van der Waals surface area contributed by atoms with E-state index in [9.17, 15) is 26.4 Å². The van der Waals surface area contributed by atoms with E-state index in [0.29, 0.717) is 17.2 Å². The van der Waals surface area contributed by atoms with Gasteiger partial charge in [0.25, 0.3) is 10.0 Å². The first-order valence-corrected chi connectivity index (χ1v) is 12.7. The molecule has 2 aromatic heterocycles. The lowest BCUT2D eigenvalue weighted by Crippen LogP contribution is -2.15. The molecule has 0 aliphatic heterocycles. The van der Waals surface area contributed by atoms with Gasteiger partial charge in [0.15, 0.2) is 0 Å². The highest BCUT2D eigenvalue weighted by atomic mass is 32.2. The number of hydrogen-bond acceptors (Lipinski definition) is 8. The number of sulfonamides is 1. The first-order chi connectivity index (χ1) is 17.9. The van der Waals surface area contributed by atoms with Crippen molar-refractivity contribution < 1.29 is 31.1 Å². The highest BCUT2D eigenvalue weighted by Crippen LogP contribution is 2.35.